The molecule has 76 valence electrons. The van der Waals surface area contributed by atoms with Crippen LogP contribution in [0, 0.1) is 0 Å². The molecule has 0 aliphatic carbocycles. The van der Waals surface area contributed by atoms with E-state index in [4.69, 9.17) is 16.2 Å². The van der Waals surface area contributed by atoms with E-state index in [1.165, 1.54) is 0 Å². The van der Waals surface area contributed by atoms with Gasteiger partial charge in [0.05, 0.1) is 6.61 Å². The van der Waals surface area contributed by atoms with Gasteiger partial charge in [-0.05, 0) is 24.6 Å². The second-order valence-corrected chi connectivity index (χ2v) is 2.88. The first-order chi connectivity index (χ1) is 6.65. The third-order valence-corrected chi connectivity index (χ3v) is 1.86. The number of hydrogen-bond acceptors (Lipinski definition) is 3. The molecule has 0 unspecified atom stereocenters. The lowest BCUT2D eigenvalue weighted by molar-refractivity contribution is -0.119. The van der Waals surface area contributed by atoms with Crippen molar-refractivity contribution in [2.24, 2.45) is 11.5 Å². The molecule has 4 heteroatoms. The molecule has 1 atom stereocenters. The largest absolute Gasteiger partial charge is 0.494 e. The van der Waals surface area contributed by atoms with Gasteiger partial charge in [-0.25, -0.2) is 0 Å². The van der Waals surface area contributed by atoms with Crippen molar-refractivity contribution in [3.05, 3.63) is 29.8 Å². The Balaban J connectivity index is 2.77. The van der Waals surface area contributed by atoms with Crippen LogP contribution >= 0.6 is 0 Å². The molecule has 0 saturated heterocycles. The lowest BCUT2D eigenvalue weighted by Gasteiger charge is -2.08. The number of carbonyl (C=O) groups is 1. The number of carbonyl (C=O) groups excluding carboxylic acids is 1. The fourth-order valence-corrected chi connectivity index (χ4v) is 1.10. The van der Waals surface area contributed by atoms with Gasteiger partial charge in [-0.3, -0.25) is 4.79 Å². The minimum Gasteiger partial charge on any atom is -0.494 e. The van der Waals surface area contributed by atoms with Crippen molar-refractivity contribution in [3.63, 3.8) is 0 Å². The van der Waals surface area contributed by atoms with E-state index in [1.54, 1.807) is 24.3 Å². The summed E-state index contributed by atoms with van der Waals surface area (Å²) < 4.78 is 5.24. The fraction of sp³-hybridized carbons (Fsp3) is 0.300. The Kier molecular flexibility index (Phi) is 3.48. The molecule has 0 aliphatic rings. The van der Waals surface area contributed by atoms with Crippen LogP contribution in [0.5, 0.6) is 5.75 Å². The molecular formula is C10H14N2O2. The van der Waals surface area contributed by atoms with Crippen molar-refractivity contribution in [3.8, 4) is 5.75 Å². The molecule has 4 nitrogen and oxygen atoms in total. The molecule has 1 aromatic carbocycles. The standard InChI is InChI=1S/C10H14N2O2/c1-2-14-8-5-3-7(4-6-8)9(11)10(12)13/h3-6,9H,2,11H2,1H3,(H2,12,13)/t9-/m1/s1. The van der Waals surface area contributed by atoms with E-state index in [0.717, 1.165) is 5.75 Å². The molecule has 4 N–H and O–H groups in total. The van der Waals surface area contributed by atoms with Crippen molar-refractivity contribution in [2.75, 3.05) is 6.61 Å². The molecule has 1 rings (SSSR count). The van der Waals surface area contributed by atoms with Crippen LogP contribution in [-0.4, -0.2) is 12.5 Å². The summed E-state index contributed by atoms with van der Waals surface area (Å²) >= 11 is 0. The summed E-state index contributed by atoms with van der Waals surface area (Å²) in [5.41, 5.74) is 11.3. The summed E-state index contributed by atoms with van der Waals surface area (Å²) in [5, 5.41) is 0. The smallest absolute Gasteiger partial charge is 0.238 e. The number of hydrogen-bond donors (Lipinski definition) is 2. The van der Waals surface area contributed by atoms with Crippen molar-refractivity contribution in [1.82, 2.24) is 0 Å². The molecule has 0 saturated carbocycles. The Morgan fingerprint density at radius 1 is 1.43 bits per heavy atom. The van der Waals surface area contributed by atoms with E-state index in [-0.39, 0.29) is 0 Å². The quantitative estimate of drug-likeness (QED) is 0.735. The molecule has 0 radical (unpaired) electrons. The van der Waals surface area contributed by atoms with E-state index in [2.05, 4.69) is 0 Å². The molecular weight excluding hydrogens is 180 g/mol. The van der Waals surface area contributed by atoms with Crippen LogP contribution < -0.4 is 16.2 Å². The molecule has 14 heavy (non-hydrogen) atoms. The SMILES string of the molecule is CCOc1ccc([C@@H](N)C(N)=O)cc1. The Labute approximate surface area is 82.8 Å². The second-order valence-electron chi connectivity index (χ2n) is 2.88. The Morgan fingerprint density at radius 3 is 2.43 bits per heavy atom. The molecule has 0 fully saturated rings. The Bertz CT molecular complexity index is 308. The van der Waals surface area contributed by atoms with E-state index < -0.39 is 11.9 Å². The van der Waals surface area contributed by atoms with Crippen LogP contribution in [-0.2, 0) is 4.79 Å². The van der Waals surface area contributed by atoms with E-state index >= 15 is 0 Å². The maximum absolute atomic E-state index is 10.8. The van der Waals surface area contributed by atoms with Crippen LogP contribution in [0.1, 0.15) is 18.5 Å². The first-order valence-corrected chi connectivity index (χ1v) is 4.42. The second kappa shape index (κ2) is 4.62. The maximum atomic E-state index is 10.8. The average Bonchev–Trinajstić information content (AvgIpc) is 2.18. The highest BCUT2D eigenvalue weighted by Gasteiger charge is 2.11. The minimum atomic E-state index is -0.745. The minimum absolute atomic E-state index is 0.533. The third kappa shape index (κ3) is 2.47. The number of primary amides is 1. The summed E-state index contributed by atoms with van der Waals surface area (Å²) in [7, 11) is 0. The number of benzene rings is 1. The Morgan fingerprint density at radius 2 is 2.00 bits per heavy atom. The van der Waals surface area contributed by atoms with E-state index in [9.17, 15) is 4.79 Å². The van der Waals surface area contributed by atoms with Gasteiger partial charge in [0.15, 0.2) is 0 Å². The van der Waals surface area contributed by atoms with E-state index in [0.29, 0.717) is 12.2 Å². The summed E-state index contributed by atoms with van der Waals surface area (Å²) in [5.74, 6) is 0.224. The molecule has 0 bridgehead atoms. The number of rotatable bonds is 4. The van der Waals surface area contributed by atoms with Crippen molar-refractivity contribution in [2.45, 2.75) is 13.0 Å². The number of ether oxygens (including phenoxy) is 1. The lowest BCUT2D eigenvalue weighted by atomic mass is 10.1. The predicted octanol–water partition coefficient (Wildman–Crippen LogP) is 0.570. The number of amides is 1. The van der Waals surface area contributed by atoms with Crippen molar-refractivity contribution in [1.29, 1.82) is 0 Å². The highest BCUT2D eigenvalue weighted by Crippen LogP contribution is 2.15. The molecule has 0 heterocycles. The highest BCUT2D eigenvalue weighted by molar-refractivity contribution is 5.81. The van der Waals surface area contributed by atoms with Gasteiger partial charge in [0.2, 0.25) is 5.91 Å². The van der Waals surface area contributed by atoms with Crippen molar-refractivity contribution >= 4 is 5.91 Å². The van der Waals surface area contributed by atoms with Crippen molar-refractivity contribution < 1.29 is 9.53 Å². The van der Waals surface area contributed by atoms with Gasteiger partial charge >= 0.3 is 0 Å². The zero-order chi connectivity index (χ0) is 10.6. The molecule has 1 aromatic rings. The molecule has 0 aromatic heterocycles. The lowest BCUT2D eigenvalue weighted by Crippen LogP contribution is -2.28. The van der Waals surface area contributed by atoms with Gasteiger partial charge in [0.1, 0.15) is 11.8 Å². The summed E-state index contributed by atoms with van der Waals surface area (Å²) in [6.45, 7) is 2.52. The van der Waals surface area contributed by atoms with E-state index in [1.807, 2.05) is 6.92 Å². The monoisotopic (exact) mass is 194 g/mol. The summed E-state index contributed by atoms with van der Waals surface area (Å²) in [6, 6.07) is 6.26. The number of nitrogens with two attached hydrogens (primary N) is 2. The topological polar surface area (TPSA) is 78.3 Å². The third-order valence-electron chi connectivity index (χ3n) is 1.86. The van der Waals surface area contributed by atoms with Crippen LogP contribution in [0.3, 0.4) is 0 Å². The summed E-state index contributed by atoms with van der Waals surface area (Å²) in [4.78, 5) is 10.8. The maximum Gasteiger partial charge on any atom is 0.238 e. The first kappa shape index (κ1) is 10.5. The predicted molar refractivity (Wildman–Crippen MR) is 53.7 cm³/mol. The van der Waals surface area contributed by atoms with Gasteiger partial charge in [-0.2, -0.15) is 0 Å². The van der Waals surface area contributed by atoms with Crippen LogP contribution in [0.4, 0.5) is 0 Å². The molecule has 0 spiro atoms. The van der Waals surface area contributed by atoms with Gasteiger partial charge in [0, 0.05) is 0 Å². The molecule has 0 aliphatic heterocycles. The van der Waals surface area contributed by atoms with Gasteiger partial charge in [-0.15, -0.1) is 0 Å². The van der Waals surface area contributed by atoms with Gasteiger partial charge < -0.3 is 16.2 Å². The normalized spacial score (nSPS) is 12.1. The summed E-state index contributed by atoms with van der Waals surface area (Å²) in [6.07, 6.45) is 0. The average molecular weight is 194 g/mol. The Hall–Kier alpha value is -1.55. The molecule has 1 amide bonds. The first-order valence-electron chi connectivity index (χ1n) is 4.42. The highest BCUT2D eigenvalue weighted by atomic mass is 16.5. The van der Waals surface area contributed by atoms with Crippen LogP contribution in [0.15, 0.2) is 24.3 Å². The van der Waals surface area contributed by atoms with Crippen LogP contribution in [0.25, 0.3) is 0 Å². The van der Waals surface area contributed by atoms with Gasteiger partial charge in [-0.1, -0.05) is 12.1 Å². The fourth-order valence-electron chi connectivity index (χ4n) is 1.10. The zero-order valence-corrected chi connectivity index (χ0v) is 8.07. The van der Waals surface area contributed by atoms with Gasteiger partial charge in [0.25, 0.3) is 0 Å². The van der Waals surface area contributed by atoms with Crippen LogP contribution in [0.2, 0.25) is 0 Å². The zero-order valence-electron chi connectivity index (χ0n) is 8.07.